The Morgan fingerprint density at radius 3 is 2.40 bits per heavy atom. The summed E-state index contributed by atoms with van der Waals surface area (Å²) in [6.07, 6.45) is 0.751. The van der Waals surface area contributed by atoms with Crippen LogP contribution < -0.4 is 0 Å². The summed E-state index contributed by atoms with van der Waals surface area (Å²) in [5.41, 5.74) is -0.490. The highest BCUT2D eigenvalue weighted by atomic mass is 32.2. The highest BCUT2D eigenvalue weighted by Crippen LogP contribution is 2.48. The maximum atomic E-state index is 15.8. The minimum Gasteiger partial charge on any atom is -0.338 e. The van der Waals surface area contributed by atoms with Gasteiger partial charge in [0, 0.05) is 36.2 Å². The Balaban J connectivity index is 1.67. The Labute approximate surface area is 227 Å². The summed E-state index contributed by atoms with van der Waals surface area (Å²) in [5.74, 6) is -4.63. The molecule has 1 saturated carbocycles. The quantitative estimate of drug-likeness (QED) is 0.225. The van der Waals surface area contributed by atoms with Gasteiger partial charge >= 0.3 is 0 Å². The Morgan fingerprint density at radius 1 is 1.18 bits per heavy atom. The van der Waals surface area contributed by atoms with Crippen LogP contribution in [0.2, 0.25) is 0 Å². The van der Waals surface area contributed by atoms with E-state index in [4.69, 9.17) is 4.78 Å². The number of hydrogen-bond donors (Lipinski definition) is 1. The number of halogens is 5. The number of nitrogens with zero attached hydrogens (tertiary/aromatic N) is 4. The molecule has 0 radical (unpaired) electrons. The number of aromatic nitrogens is 3. The first-order valence-corrected chi connectivity index (χ1v) is 14.2. The normalized spacial score (nSPS) is 16.2. The number of nitriles is 1. The van der Waals surface area contributed by atoms with Gasteiger partial charge in [-0.3, -0.25) is 4.98 Å². The second kappa shape index (κ2) is 9.66. The summed E-state index contributed by atoms with van der Waals surface area (Å²) < 4.78 is 93.1. The first-order chi connectivity index (χ1) is 18.8. The van der Waals surface area contributed by atoms with E-state index in [0.717, 1.165) is 30.7 Å². The molecule has 5 rings (SSSR count). The first-order valence-electron chi connectivity index (χ1n) is 12.4. The van der Waals surface area contributed by atoms with Crippen LogP contribution in [0.1, 0.15) is 37.8 Å². The molecule has 1 fully saturated rings. The molecule has 1 aromatic carbocycles. The van der Waals surface area contributed by atoms with Crippen LogP contribution in [0.5, 0.6) is 0 Å². The van der Waals surface area contributed by atoms with E-state index in [-0.39, 0.29) is 22.0 Å². The van der Waals surface area contributed by atoms with E-state index in [1.165, 1.54) is 19.2 Å². The van der Waals surface area contributed by atoms with Gasteiger partial charge in [-0.1, -0.05) is 31.2 Å². The second-order valence-corrected chi connectivity index (χ2v) is 12.3. The molecule has 0 spiro atoms. The van der Waals surface area contributed by atoms with Gasteiger partial charge in [0.2, 0.25) is 0 Å². The minimum atomic E-state index is -3.51. The van der Waals surface area contributed by atoms with Crippen molar-refractivity contribution in [2.45, 2.75) is 55.9 Å². The van der Waals surface area contributed by atoms with Gasteiger partial charge < -0.3 is 4.57 Å². The van der Waals surface area contributed by atoms with Gasteiger partial charge in [0.25, 0.3) is 12.3 Å². The molecule has 0 amide bonds. The molecule has 40 heavy (non-hydrogen) atoms. The van der Waals surface area contributed by atoms with Crippen LogP contribution in [0.15, 0.2) is 53.7 Å². The van der Waals surface area contributed by atoms with Gasteiger partial charge in [-0.15, -0.1) is 0 Å². The van der Waals surface area contributed by atoms with Crippen LogP contribution in [0.3, 0.4) is 0 Å². The lowest BCUT2D eigenvalue weighted by Gasteiger charge is -2.17. The van der Waals surface area contributed by atoms with Gasteiger partial charge in [-0.2, -0.15) is 5.26 Å². The van der Waals surface area contributed by atoms with Gasteiger partial charge in [-0.05, 0) is 36.1 Å². The Bertz CT molecular complexity index is 1720. The maximum Gasteiger partial charge on any atom is 0.272 e. The Hall–Kier alpha value is -3.85. The van der Waals surface area contributed by atoms with Gasteiger partial charge in [0.1, 0.15) is 17.1 Å². The summed E-state index contributed by atoms with van der Waals surface area (Å²) in [6.45, 7) is 1.07. The molecule has 1 unspecified atom stereocenters. The maximum absolute atomic E-state index is 15.8. The zero-order valence-corrected chi connectivity index (χ0v) is 22.3. The largest absolute Gasteiger partial charge is 0.338 e. The van der Waals surface area contributed by atoms with E-state index in [9.17, 15) is 27.0 Å². The Morgan fingerprint density at radius 2 is 1.85 bits per heavy atom. The fourth-order valence-electron chi connectivity index (χ4n) is 4.69. The molecule has 208 valence electrons. The number of pyridine rings is 2. The van der Waals surface area contributed by atoms with Crippen molar-refractivity contribution >= 4 is 9.73 Å². The average Bonchev–Trinajstić information content (AvgIpc) is 3.64. The van der Waals surface area contributed by atoms with E-state index in [1.807, 2.05) is 12.1 Å². The summed E-state index contributed by atoms with van der Waals surface area (Å²) in [7, 11) is -3.51. The van der Waals surface area contributed by atoms with Crippen molar-refractivity contribution in [1.82, 2.24) is 14.5 Å². The van der Waals surface area contributed by atoms with Gasteiger partial charge in [-0.25, -0.2) is 35.9 Å². The van der Waals surface area contributed by atoms with Gasteiger partial charge in [0.15, 0.2) is 5.82 Å². The lowest BCUT2D eigenvalue weighted by Crippen LogP contribution is -2.16. The molecule has 3 heterocycles. The van der Waals surface area contributed by atoms with Crippen LogP contribution in [-0.4, -0.2) is 30.9 Å². The van der Waals surface area contributed by atoms with Crippen molar-refractivity contribution in [3.63, 3.8) is 0 Å². The molecule has 2 aliphatic heterocycles. The van der Waals surface area contributed by atoms with Crippen LogP contribution in [0.4, 0.5) is 22.0 Å². The molecular weight excluding hydrogens is 549 g/mol. The standard InChI is InChI=1S/C28H24F5N5OS/c1-3-40(35,39)21-10-17(16-4-6-18(7-5-16)28(15-34)8-9-28)12-36-24(21)25-23(31)26-20(37-25)11-19(27(2,32)33)13-38(26)14-22(29)30/h4-7,10-13,22,35H,3,8-9,14H2,1-2H3. The highest BCUT2D eigenvalue weighted by molar-refractivity contribution is 7.92. The summed E-state index contributed by atoms with van der Waals surface area (Å²) in [4.78, 5) is 8.30. The SMILES string of the molecule is CCS(=N)(=O)c1cc(-c2ccc(C3(C#N)CC3)cc2)cnc1-c1nc2cc(C(C)(F)F)cn(CC(F)F)c-2c1F. The van der Waals surface area contributed by atoms with Crippen LogP contribution in [-0.2, 0) is 27.6 Å². The predicted molar refractivity (Wildman–Crippen MR) is 139 cm³/mol. The molecule has 1 N–H and O–H groups in total. The third kappa shape index (κ3) is 4.83. The second-order valence-electron chi connectivity index (χ2n) is 9.97. The highest BCUT2D eigenvalue weighted by Gasteiger charge is 2.44. The molecule has 2 aromatic rings. The van der Waals surface area contributed by atoms with E-state index in [1.54, 1.807) is 12.1 Å². The molecule has 3 aliphatic rings. The molecule has 0 bridgehead atoms. The van der Waals surface area contributed by atoms with Crippen molar-refractivity contribution in [2.24, 2.45) is 0 Å². The number of nitrogens with one attached hydrogen (secondary N) is 1. The molecule has 12 heteroatoms. The van der Waals surface area contributed by atoms with E-state index < -0.39 is 56.8 Å². The fraction of sp³-hybridized carbons (Fsp3) is 0.321. The van der Waals surface area contributed by atoms with Crippen molar-refractivity contribution in [3.05, 3.63) is 65.7 Å². The molecule has 1 aromatic heterocycles. The number of benzene rings is 1. The number of hydrogen-bond acceptors (Lipinski definition) is 5. The lowest BCUT2D eigenvalue weighted by atomic mass is 9.95. The summed E-state index contributed by atoms with van der Waals surface area (Å²) >= 11 is 0. The van der Waals surface area contributed by atoms with Crippen LogP contribution >= 0.6 is 0 Å². The smallest absolute Gasteiger partial charge is 0.272 e. The van der Waals surface area contributed by atoms with Gasteiger partial charge in [0.05, 0.1) is 38.3 Å². The van der Waals surface area contributed by atoms with Crippen LogP contribution in [0, 0.1) is 21.9 Å². The monoisotopic (exact) mass is 573 g/mol. The van der Waals surface area contributed by atoms with Crippen molar-refractivity contribution < 1.29 is 26.2 Å². The molecule has 6 nitrogen and oxygen atoms in total. The summed E-state index contributed by atoms with van der Waals surface area (Å²) in [5, 5.41) is 9.45. The van der Waals surface area contributed by atoms with Crippen molar-refractivity contribution in [3.8, 4) is 40.0 Å². The van der Waals surface area contributed by atoms with Crippen LogP contribution in [0.25, 0.3) is 33.9 Å². The number of rotatable bonds is 8. The fourth-order valence-corrected chi connectivity index (χ4v) is 5.78. The molecular formula is C28H24F5N5OS. The van der Waals surface area contributed by atoms with E-state index in [0.29, 0.717) is 22.6 Å². The average molecular weight is 574 g/mol. The number of alkyl halides is 4. The molecule has 0 saturated heterocycles. The Kier molecular flexibility index (Phi) is 6.69. The summed E-state index contributed by atoms with van der Waals surface area (Å²) in [6, 6.07) is 11.9. The number of fused-ring (bicyclic) bond motifs is 1. The molecule has 1 aliphatic carbocycles. The zero-order chi connectivity index (χ0) is 29.0. The lowest BCUT2D eigenvalue weighted by molar-refractivity contribution is 0.0164. The minimum absolute atomic E-state index is 0.115. The molecule has 1 atom stereocenters. The topological polar surface area (TPSA) is 95.4 Å². The van der Waals surface area contributed by atoms with Crippen molar-refractivity contribution in [2.75, 3.05) is 5.75 Å². The first kappa shape index (κ1) is 27.7. The van der Waals surface area contributed by atoms with E-state index in [2.05, 4.69) is 16.0 Å². The predicted octanol–water partition coefficient (Wildman–Crippen LogP) is 7.21. The third-order valence-corrected chi connectivity index (χ3v) is 9.01. The van der Waals surface area contributed by atoms with E-state index >= 15 is 4.39 Å². The van der Waals surface area contributed by atoms with Crippen molar-refractivity contribution in [1.29, 1.82) is 10.0 Å². The zero-order valence-electron chi connectivity index (χ0n) is 21.5. The third-order valence-electron chi connectivity index (χ3n) is 7.18.